The molecule has 6 nitrogen and oxygen atoms in total. The second kappa shape index (κ2) is 8.13. The lowest BCUT2D eigenvalue weighted by Gasteiger charge is -2.14. The van der Waals surface area contributed by atoms with Gasteiger partial charge in [-0.2, -0.15) is 0 Å². The number of carbonyl (C=O) groups is 1. The van der Waals surface area contributed by atoms with Gasteiger partial charge >= 0.3 is 0 Å². The molecule has 30 heavy (non-hydrogen) atoms. The zero-order chi connectivity index (χ0) is 21.4. The molecule has 1 saturated heterocycles. The molecule has 0 radical (unpaired) electrons. The van der Waals surface area contributed by atoms with Gasteiger partial charge in [0, 0.05) is 28.2 Å². The number of nitro groups is 1. The first kappa shape index (κ1) is 20.5. The summed E-state index contributed by atoms with van der Waals surface area (Å²) in [5.41, 5.74) is 0.673. The van der Waals surface area contributed by atoms with Crippen LogP contribution in [-0.4, -0.2) is 15.2 Å². The lowest BCUT2D eigenvalue weighted by molar-refractivity contribution is -0.384. The second-order valence-electron chi connectivity index (χ2n) is 6.09. The van der Waals surface area contributed by atoms with Gasteiger partial charge in [0.25, 0.3) is 11.6 Å². The zero-order valence-electron chi connectivity index (χ0n) is 14.9. The summed E-state index contributed by atoms with van der Waals surface area (Å²) in [7, 11) is 0. The van der Waals surface area contributed by atoms with E-state index < -0.39 is 16.6 Å². The molecule has 1 aliphatic heterocycles. The van der Waals surface area contributed by atoms with Crippen LogP contribution in [0.3, 0.4) is 0 Å². The molecular formula is C20H10BrFN2O4S2. The van der Waals surface area contributed by atoms with Gasteiger partial charge in [-0.15, -0.1) is 0 Å². The van der Waals surface area contributed by atoms with E-state index in [9.17, 15) is 19.3 Å². The first-order valence-corrected chi connectivity index (χ1v) is 10.4. The Bertz CT molecular complexity index is 1240. The molecule has 0 N–H and O–H groups in total. The van der Waals surface area contributed by atoms with Crippen molar-refractivity contribution in [2.75, 3.05) is 4.90 Å². The summed E-state index contributed by atoms with van der Waals surface area (Å²) in [5, 5.41) is 10.9. The maximum atomic E-state index is 14.1. The van der Waals surface area contributed by atoms with Gasteiger partial charge < -0.3 is 4.42 Å². The summed E-state index contributed by atoms with van der Waals surface area (Å²) in [6.07, 6.45) is 1.53. The Morgan fingerprint density at radius 2 is 1.97 bits per heavy atom. The lowest BCUT2D eigenvalue weighted by atomic mass is 10.1. The highest BCUT2D eigenvalue weighted by atomic mass is 79.9. The van der Waals surface area contributed by atoms with E-state index >= 15 is 0 Å². The molecule has 0 saturated carbocycles. The minimum atomic E-state index is -0.543. The molecular weight excluding hydrogens is 495 g/mol. The van der Waals surface area contributed by atoms with Crippen LogP contribution in [0.25, 0.3) is 17.4 Å². The van der Waals surface area contributed by atoms with Crippen LogP contribution in [0.15, 0.2) is 68.4 Å². The number of furan rings is 1. The van der Waals surface area contributed by atoms with Gasteiger partial charge in [0.05, 0.1) is 15.5 Å². The number of hydrogen-bond acceptors (Lipinski definition) is 6. The molecule has 4 rings (SSSR count). The third-order valence-electron chi connectivity index (χ3n) is 4.22. The number of thiocarbonyl (C=S) groups is 1. The van der Waals surface area contributed by atoms with E-state index in [4.69, 9.17) is 16.6 Å². The molecule has 0 aliphatic carbocycles. The molecule has 1 aromatic heterocycles. The molecule has 1 amide bonds. The summed E-state index contributed by atoms with van der Waals surface area (Å²) in [6, 6.07) is 13.6. The molecule has 0 bridgehead atoms. The van der Waals surface area contributed by atoms with Crippen molar-refractivity contribution in [1.29, 1.82) is 0 Å². The van der Waals surface area contributed by atoms with Gasteiger partial charge in [0.15, 0.2) is 4.32 Å². The van der Waals surface area contributed by atoms with Crippen LogP contribution < -0.4 is 4.90 Å². The minimum absolute atomic E-state index is 0.0470. The summed E-state index contributed by atoms with van der Waals surface area (Å²) in [6.45, 7) is 0. The third-order valence-corrected chi connectivity index (χ3v) is 6.17. The summed E-state index contributed by atoms with van der Waals surface area (Å²) < 4.78 is 20.6. The normalized spacial score (nSPS) is 15.3. The molecule has 0 unspecified atom stereocenters. The number of thioether (sulfide) groups is 1. The zero-order valence-corrected chi connectivity index (χ0v) is 18.1. The number of hydrogen-bond donors (Lipinski definition) is 0. The minimum Gasteiger partial charge on any atom is -0.457 e. The molecule has 0 atom stereocenters. The van der Waals surface area contributed by atoms with E-state index in [1.54, 1.807) is 24.3 Å². The number of halogens is 2. The Kier molecular flexibility index (Phi) is 5.54. The van der Waals surface area contributed by atoms with E-state index in [-0.39, 0.29) is 15.7 Å². The lowest BCUT2D eigenvalue weighted by Crippen LogP contribution is -2.28. The predicted molar refractivity (Wildman–Crippen MR) is 121 cm³/mol. The summed E-state index contributed by atoms with van der Waals surface area (Å²) in [4.78, 5) is 24.6. The van der Waals surface area contributed by atoms with E-state index in [1.807, 2.05) is 0 Å². The van der Waals surface area contributed by atoms with E-state index in [1.165, 1.54) is 36.4 Å². The maximum Gasteiger partial charge on any atom is 0.270 e. The fourth-order valence-electron chi connectivity index (χ4n) is 2.83. The van der Waals surface area contributed by atoms with E-state index in [0.717, 1.165) is 16.7 Å². The number of anilines is 1. The first-order chi connectivity index (χ1) is 14.3. The third kappa shape index (κ3) is 3.81. The van der Waals surface area contributed by atoms with Crippen LogP contribution in [0.4, 0.5) is 15.8 Å². The van der Waals surface area contributed by atoms with Gasteiger partial charge in [-0.05, 0) is 46.3 Å². The molecule has 1 fully saturated rings. The van der Waals surface area contributed by atoms with Crippen molar-refractivity contribution in [3.05, 3.63) is 85.7 Å². The van der Waals surface area contributed by atoms with Gasteiger partial charge in [-0.1, -0.05) is 36.1 Å². The van der Waals surface area contributed by atoms with Crippen molar-refractivity contribution in [2.45, 2.75) is 0 Å². The van der Waals surface area contributed by atoms with Crippen LogP contribution in [0.5, 0.6) is 0 Å². The Labute approximate surface area is 187 Å². The average Bonchev–Trinajstić information content (AvgIpc) is 3.27. The Morgan fingerprint density at radius 1 is 1.20 bits per heavy atom. The second-order valence-corrected chi connectivity index (χ2v) is 8.62. The largest absolute Gasteiger partial charge is 0.457 e. The molecule has 2 heterocycles. The van der Waals surface area contributed by atoms with E-state index in [0.29, 0.717) is 26.5 Å². The quantitative estimate of drug-likeness (QED) is 0.183. The standard InChI is InChI=1S/C20H10BrFN2O4S2/c21-14-9-11(24(26)27)5-7-13(14)17-8-6-12(28-17)10-18-19(25)23(20(29)30-18)16-4-2-1-3-15(16)22/h1-10H/b18-10-. The van der Waals surface area contributed by atoms with Crippen LogP contribution in [-0.2, 0) is 4.79 Å². The molecule has 10 heteroatoms. The number of benzene rings is 2. The van der Waals surface area contributed by atoms with Crippen molar-refractivity contribution in [3.8, 4) is 11.3 Å². The van der Waals surface area contributed by atoms with Crippen LogP contribution in [0.1, 0.15) is 5.76 Å². The maximum absolute atomic E-state index is 14.1. The molecule has 0 spiro atoms. The molecule has 3 aromatic rings. The highest BCUT2D eigenvalue weighted by molar-refractivity contribution is 9.10. The van der Waals surface area contributed by atoms with Crippen LogP contribution in [0, 0.1) is 15.9 Å². The summed E-state index contributed by atoms with van der Waals surface area (Å²) in [5.74, 6) is -0.125. The highest BCUT2D eigenvalue weighted by Gasteiger charge is 2.35. The summed E-state index contributed by atoms with van der Waals surface area (Å²) >= 11 is 9.61. The fraction of sp³-hybridized carbons (Fsp3) is 0. The molecule has 150 valence electrons. The number of para-hydroxylation sites is 1. The number of carbonyl (C=O) groups excluding carboxylic acids is 1. The van der Waals surface area contributed by atoms with Crippen molar-refractivity contribution < 1.29 is 18.5 Å². The number of nitro benzene ring substituents is 1. The molecule has 1 aliphatic rings. The monoisotopic (exact) mass is 504 g/mol. The van der Waals surface area contributed by atoms with Crippen molar-refractivity contribution in [1.82, 2.24) is 0 Å². The average molecular weight is 505 g/mol. The number of nitrogens with zero attached hydrogens (tertiary/aromatic N) is 2. The Morgan fingerprint density at radius 3 is 2.67 bits per heavy atom. The van der Waals surface area contributed by atoms with Gasteiger partial charge in [0.2, 0.25) is 0 Å². The van der Waals surface area contributed by atoms with Crippen molar-refractivity contribution in [3.63, 3.8) is 0 Å². The number of amides is 1. The predicted octanol–water partition coefficient (Wildman–Crippen LogP) is 6.16. The van der Waals surface area contributed by atoms with Crippen molar-refractivity contribution >= 4 is 67.6 Å². The van der Waals surface area contributed by atoms with Gasteiger partial charge in [0.1, 0.15) is 17.3 Å². The highest BCUT2D eigenvalue weighted by Crippen LogP contribution is 2.38. The van der Waals surface area contributed by atoms with Crippen LogP contribution in [0.2, 0.25) is 0 Å². The smallest absolute Gasteiger partial charge is 0.270 e. The fourth-order valence-corrected chi connectivity index (χ4v) is 4.66. The SMILES string of the molecule is O=C1/C(=C/c2ccc(-c3ccc([N+](=O)[O-])cc3Br)o2)SC(=S)N1c1ccccc1F. The number of non-ortho nitro benzene ring substituents is 1. The van der Waals surface area contributed by atoms with Gasteiger partial charge in [-0.3, -0.25) is 19.8 Å². The number of rotatable bonds is 4. The Hall–Kier alpha value is -2.82. The Balaban J connectivity index is 1.62. The van der Waals surface area contributed by atoms with Crippen LogP contribution >= 0.6 is 39.9 Å². The van der Waals surface area contributed by atoms with Crippen molar-refractivity contribution in [2.24, 2.45) is 0 Å². The first-order valence-electron chi connectivity index (χ1n) is 8.42. The topological polar surface area (TPSA) is 76.6 Å². The van der Waals surface area contributed by atoms with E-state index in [2.05, 4.69) is 15.9 Å². The molecule has 2 aromatic carbocycles. The van der Waals surface area contributed by atoms with Gasteiger partial charge in [-0.25, -0.2) is 4.39 Å².